The Bertz CT molecular complexity index is 530. The van der Waals surface area contributed by atoms with E-state index < -0.39 is 17.7 Å². The van der Waals surface area contributed by atoms with Crippen molar-refractivity contribution in [1.82, 2.24) is 10.2 Å². The van der Waals surface area contributed by atoms with Crippen LogP contribution in [0.2, 0.25) is 0 Å². The molecule has 2 rings (SSSR count). The van der Waals surface area contributed by atoms with E-state index in [-0.39, 0.29) is 11.9 Å². The van der Waals surface area contributed by atoms with Crippen molar-refractivity contribution in [2.45, 2.75) is 38.5 Å². The van der Waals surface area contributed by atoms with Crippen molar-refractivity contribution in [3.8, 4) is 0 Å². The molecule has 0 aliphatic carbocycles. The molecule has 8 nitrogen and oxygen atoms in total. The molecule has 1 aliphatic heterocycles. The fourth-order valence-electron chi connectivity index (χ4n) is 2.30. The van der Waals surface area contributed by atoms with E-state index in [1.54, 1.807) is 12.1 Å². The Morgan fingerprint density at radius 3 is 2.77 bits per heavy atom. The third-order valence-corrected chi connectivity index (χ3v) is 3.20. The van der Waals surface area contributed by atoms with E-state index in [4.69, 9.17) is 20.1 Å². The highest BCUT2D eigenvalue weighted by Gasteiger charge is 2.38. The van der Waals surface area contributed by atoms with Gasteiger partial charge in [-0.15, -0.1) is 0 Å². The molecule has 1 saturated heterocycles. The Morgan fingerprint density at radius 1 is 1.59 bits per heavy atom. The second-order valence-electron chi connectivity index (χ2n) is 6.24. The Hall–Kier alpha value is -2.22. The predicted octanol–water partition coefficient (Wildman–Crippen LogP) is 1.28. The minimum absolute atomic E-state index is 0.0428. The Labute approximate surface area is 128 Å². The minimum Gasteiger partial charge on any atom is -0.467 e. The third kappa shape index (κ3) is 3.91. The second kappa shape index (κ2) is 6.27. The highest BCUT2D eigenvalue weighted by atomic mass is 16.6. The minimum atomic E-state index is -0.530. The van der Waals surface area contributed by atoms with Gasteiger partial charge < -0.3 is 25.4 Å². The summed E-state index contributed by atoms with van der Waals surface area (Å²) in [6.07, 6.45) is 1.08. The molecule has 0 saturated carbocycles. The first-order valence-corrected chi connectivity index (χ1v) is 7.04. The number of nitrogens with zero attached hydrogens (tertiary/aromatic N) is 2. The number of carbonyl (C=O) groups is 1. The van der Waals surface area contributed by atoms with Gasteiger partial charge in [0.15, 0.2) is 5.84 Å². The molecular weight excluding hydrogens is 288 g/mol. The number of carbonyl (C=O) groups excluding carboxylic acids is 1. The molecule has 4 N–H and O–H groups in total. The van der Waals surface area contributed by atoms with Gasteiger partial charge >= 0.3 is 6.09 Å². The number of furan rings is 1. The predicted molar refractivity (Wildman–Crippen MR) is 79.6 cm³/mol. The van der Waals surface area contributed by atoms with Gasteiger partial charge in [-0.2, -0.15) is 0 Å². The first-order chi connectivity index (χ1) is 10.3. The lowest BCUT2D eigenvalue weighted by Gasteiger charge is -2.43. The number of rotatable bonds is 4. The van der Waals surface area contributed by atoms with Crippen LogP contribution in [-0.4, -0.2) is 46.8 Å². The summed E-state index contributed by atoms with van der Waals surface area (Å²) in [5, 5.41) is 14.8. The largest absolute Gasteiger partial charge is 0.467 e. The van der Waals surface area contributed by atoms with Crippen LogP contribution < -0.4 is 11.1 Å². The summed E-state index contributed by atoms with van der Waals surface area (Å²) in [5.41, 5.74) is 5.21. The molecular formula is C14H22N4O4. The summed E-state index contributed by atoms with van der Waals surface area (Å²) in [5.74, 6) is 0.636. The molecule has 1 atom stereocenters. The normalized spacial score (nSPS) is 18.6. The molecule has 0 bridgehead atoms. The van der Waals surface area contributed by atoms with Crippen molar-refractivity contribution in [1.29, 1.82) is 0 Å². The van der Waals surface area contributed by atoms with Crippen LogP contribution >= 0.6 is 0 Å². The van der Waals surface area contributed by atoms with Gasteiger partial charge in [-0.05, 0) is 32.9 Å². The Morgan fingerprint density at radius 2 is 2.27 bits per heavy atom. The van der Waals surface area contributed by atoms with Gasteiger partial charge in [-0.3, -0.25) is 4.90 Å². The number of alkyl carbamates (subject to hydrolysis) is 1. The average molecular weight is 310 g/mol. The molecule has 1 aromatic rings. The molecule has 0 radical (unpaired) electrons. The lowest BCUT2D eigenvalue weighted by atomic mass is 10.0. The number of ether oxygens (including phenoxy) is 1. The molecule has 1 aliphatic rings. The number of hydrogen-bond donors (Lipinski definition) is 3. The zero-order valence-electron chi connectivity index (χ0n) is 12.9. The van der Waals surface area contributed by atoms with Gasteiger partial charge in [0.25, 0.3) is 0 Å². The van der Waals surface area contributed by atoms with Crippen molar-refractivity contribution in [2.24, 2.45) is 10.9 Å². The van der Waals surface area contributed by atoms with Crippen molar-refractivity contribution in [3.63, 3.8) is 0 Å². The number of nitrogens with two attached hydrogens (primary N) is 1. The van der Waals surface area contributed by atoms with Crippen LogP contribution in [0.4, 0.5) is 4.79 Å². The number of amides is 1. The lowest BCUT2D eigenvalue weighted by molar-refractivity contribution is 0.0359. The van der Waals surface area contributed by atoms with E-state index in [0.29, 0.717) is 18.8 Å². The van der Waals surface area contributed by atoms with Gasteiger partial charge in [0.2, 0.25) is 0 Å². The number of hydrogen-bond acceptors (Lipinski definition) is 6. The van der Waals surface area contributed by atoms with E-state index in [1.807, 2.05) is 25.7 Å². The van der Waals surface area contributed by atoms with Crippen LogP contribution in [-0.2, 0) is 4.74 Å². The molecule has 122 valence electrons. The molecule has 22 heavy (non-hydrogen) atoms. The number of nitrogens with one attached hydrogen (secondary N) is 1. The Kier molecular flexibility index (Phi) is 4.60. The van der Waals surface area contributed by atoms with Crippen molar-refractivity contribution in [3.05, 3.63) is 24.2 Å². The van der Waals surface area contributed by atoms with Crippen LogP contribution in [0, 0.1) is 0 Å². The average Bonchev–Trinajstić information content (AvgIpc) is 2.87. The smallest absolute Gasteiger partial charge is 0.407 e. The summed E-state index contributed by atoms with van der Waals surface area (Å²) in [7, 11) is 0. The van der Waals surface area contributed by atoms with Crippen LogP contribution in [0.25, 0.3) is 0 Å². The number of amidine groups is 1. The van der Waals surface area contributed by atoms with E-state index in [9.17, 15) is 4.79 Å². The SMILES string of the molecule is CC(C)(C)OC(=O)NC1CN([C@H](C(N)=NO)c2ccco2)C1. The molecule has 0 unspecified atom stereocenters. The summed E-state index contributed by atoms with van der Waals surface area (Å²) in [4.78, 5) is 13.6. The van der Waals surface area contributed by atoms with Crippen molar-refractivity contribution in [2.75, 3.05) is 13.1 Å². The third-order valence-electron chi connectivity index (χ3n) is 3.20. The van der Waals surface area contributed by atoms with Gasteiger partial charge in [-0.1, -0.05) is 5.16 Å². The van der Waals surface area contributed by atoms with Crippen molar-refractivity contribution >= 4 is 11.9 Å². The van der Waals surface area contributed by atoms with Gasteiger partial charge in [-0.25, -0.2) is 4.79 Å². The van der Waals surface area contributed by atoms with Crippen LogP contribution in [0.3, 0.4) is 0 Å². The molecule has 1 aromatic heterocycles. The highest BCUT2D eigenvalue weighted by Crippen LogP contribution is 2.26. The fraction of sp³-hybridized carbons (Fsp3) is 0.571. The molecule has 1 fully saturated rings. The molecule has 2 heterocycles. The maximum absolute atomic E-state index is 11.7. The van der Waals surface area contributed by atoms with Crippen molar-refractivity contribution < 1.29 is 19.2 Å². The fourth-order valence-corrected chi connectivity index (χ4v) is 2.30. The van der Waals surface area contributed by atoms with E-state index in [0.717, 1.165) is 0 Å². The zero-order chi connectivity index (χ0) is 16.3. The first-order valence-electron chi connectivity index (χ1n) is 7.04. The summed E-state index contributed by atoms with van der Waals surface area (Å²) in [6, 6.07) is 3.01. The molecule has 0 spiro atoms. The van der Waals surface area contributed by atoms with Crippen LogP contribution in [0.15, 0.2) is 28.0 Å². The van der Waals surface area contributed by atoms with E-state index in [1.165, 1.54) is 6.26 Å². The van der Waals surface area contributed by atoms with Gasteiger partial charge in [0.1, 0.15) is 17.4 Å². The second-order valence-corrected chi connectivity index (χ2v) is 6.24. The van der Waals surface area contributed by atoms with Crippen LogP contribution in [0.5, 0.6) is 0 Å². The maximum atomic E-state index is 11.7. The Balaban J connectivity index is 1.90. The monoisotopic (exact) mass is 310 g/mol. The topological polar surface area (TPSA) is 113 Å². The van der Waals surface area contributed by atoms with E-state index in [2.05, 4.69) is 10.5 Å². The van der Waals surface area contributed by atoms with Gasteiger partial charge in [0, 0.05) is 13.1 Å². The number of oxime groups is 1. The standard InChI is InChI=1S/C14H22N4O4/c1-14(2,3)22-13(19)16-9-7-18(8-9)11(12(15)17-20)10-5-4-6-21-10/h4-6,9,11,20H,7-8H2,1-3H3,(H2,15,17)(H,16,19)/t11-/m0/s1. The quantitative estimate of drug-likeness (QED) is 0.334. The zero-order valence-corrected chi connectivity index (χ0v) is 12.9. The highest BCUT2D eigenvalue weighted by molar-refractivity contribution is 5.86. The maximum Gasteiger partial charge on any atom is 0.407 e. The molecule has 0 aromatic carbocycles. The lowest BCUT2D eigenvalue weighted by Crippen LogP contribution is -2.61. The summed E-state index contributed by atoms with van der Waals surface area (Å²) in [6.45, 7) is 6.54. The summed E-state index contributed by atoms with van der Waals surface area (Å²) < 4.78 is 10.5. The molecule has 8 heteroatoms. The summed E-state index contributed by atoms with van der Waals surface area (Å²) >= 11 is 0. The van der Waals surface area contributed by atoms with Crippen LogP contribution in [0.1, 0.15) is 32.6 Å². The number of likely N-dealkylation sites (tertiary alicyclic amines) is 1. The van der Waals surface area contributed by atoms with Gasteiger partial charge in [0.05, 0.1) is 12.3 Å². The molecule has 1 amide bonds. The first kappa shape index (κ1) is 16.2. The van der Waals surface area contributed by atoms with E-state index >= 15 is 0 Å².